The van der Waals surface area contributed by atoms with Gasteiger partial charge in [0.2, 0.25) is 0 Å². The summed E-state index contributed by atoms with van der Waals surface area (Å²) < 4.78 is 2.15. The van der Waals surface area contributed by atoms with E-state index in [1.54, 1.807) is 0 Å². The number of nitrogens with one attached hydrogen (secondary N) is 1. The highest BCUT2D eigenvalue weighted by Crippen LogP contribution is 2.17. The standard InChI is InChI=1S/C12H22N4/c1-10(2)16-9-14-15-12(16)7-8-13-11-5-3-4-6-11/h9-11,13H,3-8H2,1-2H3. The topological polar surface area (TPSA) is 42.7 Å². The van der Waals surface area contributed by atoms with Gasteiger partial charge in [-0.25, -0.2) is 0 Å². The van der Waals surface area contributed by atoms with Gasteiger partial charge >= 0.3 is 0 Å². The Morgan fingerprint density at radius 3 is 2.88 bits per heavy atom. The van der Waals surface area contributed by atoms with Gasteiger partial charge in [-0.15, -0.1) is 10.2 Å². The van der Waals surface area contributed by atoms with Crippen molar-refractivity contribution in [1.29, 1.82) is 0 Å². The molecule has 0 spiro atoms. The highest BCUT2D eigenvalue weighted by molar-refractivity contribution is 4.89. The van der Waals surface area contributed by atoms with E-state index in [1.807, 2.05) is 6.33 Å². The lowest BCUT2D eigenvalue weighted by atomic mass is 10.2. The quantitative estimate of drug-likeness (QED) is 0.828. The molecule has 4 nitrogen and oxygen atoms in total. The molecule has 1 saturated carbocycles. The molecule has 1 aromatic rings. The van der Waals surface area contributed by atoms with E-state index in [4.69, 9.17) is 0 Å². The molecule has 90 valence electrons. The van der Waals surface area contributed by atoms with E-state index in [0.29, 0.717) is 6.04 Å². The second kappa shape index (κ2) is 5.43. The normalized spacial score (nSPS) is 17.4. The lowest BCUT2D eigenvalue weighted by Crippen LogP contribution is -2.28. The Labute approximate surface area is 97.5 Å². The van der Waals surface area contributed by atoms with Crippen LogP contribution in [0.2, 0.25) is 0 Å². The molecule has 16 heavy (non-hydrogen) atoms. The molecule has 0 radical (unpaired) electrons. The fourth-order valence-electron chi connectivity index (χ4n) is 2.39. The lowest BCUT2D eigenvalue weighted by Gasteiger charge is -2.13. The van der Waals surface area contributed by atoms with E-state index in [1.165, 1.54) is 25.7 Å². The number of hydrogen-bond acceptors (Lipinski definition) is 3. The summed E-state index contributed by atoms with van der Waals surface area (Å²) in [5.74, 6) is 1.10. The van der Waals surface area contributed by atoms with E-state index in [2.05, 4.69) is 33.9 Å². The van der Waals surface area contributed by atoms with Crippen molar-refractivity contribution >= 4 is 0 Å². The maximum Gasteiger partial charge on any atom is 0.134 e. The van der Waals surface area contributed by atoms with Crippen molar-refractivity contribution in [3.05, 3.63) is 12.2 Å². The average molecular weight is 222 g/mol. The highest BCUT2D eigenvalue weighted by Gasteiger charge is 2.14. The monoisotopic (exact) mass is 222 g/mol. The Kier molecular flexibility index (Phi) is 3.93. The third-order valence-electron chi connectivity index (χ3n) is 3.34. The van der Waals surface area contributed by atoms with Crippen LogP contribution in [0.4, 0.5) is 0 Å². The molecule has 1 aliphatic carbocycles. The van der Waals surface area contributed by atoms with Gasteiger partial charge in [0.1, 0.15) is 12.2 Å². The van der Waals surface area contributed by atoms with Crippen LogP contribution in [0, 0.1) is 0 Å². The molecule has 1 N–H and O–H groups in total. The molecule has 0 aromatic carbocycles. The summed E-state index contributed by atoms with van der Waals surface area (Å²) in [5, 5.41) is 11.8. The third-order valence-corrected chi connectivity index (χ3v) is 3.34. The van der Waals surface area contributed by atoms with Crippen molar-refractivity contribution in [2.45, 2.75) is 58.0 Å². The van der Waals surface area contributed by atoms with Crippen molar-refractivity contribution in [1.82, 2.24) is 20.1 Å². The molecule has 1 heterocycles. The van der Waals surface area contributed by atoms with Gasteiger partial charge in [0, 0.05) is 25.0 Å². The van der Waals surface area contributed by atoms with Gasteiger partial charge in [-0.3, -0.25) is 0 Å². The molecule has 0 unspecified atom stereocenters. The van der Waals surface area contributed by atoms with E-state index in [-0.39, 0.29) is 0 Å². The van der Waals surface area contributed by atoms with E-state index in [9.17, 15) is 0 Å². The number of rotatable bonds is 5. The molecule has 0 amide bonds. The highest BCUT2D eigenvalue weighted by atomic mass is 15.3. The zero-order valence-corrected chi connectivity index (χ0v) is 10.3. The van der Waals surface area contributed by atoms with Gasteiger partial charge in [-0.05, 0) is 26.7 Å². The lowest BCUT2D eigenvalue weighted by molar-refractivity contribution is 0.506. The molecule has 0 bridgehead atoms. The molecular weight excluding hydrogens is 200 g/mol. The van der Waals surface area contributed by atoms with Gasteiger partial charge in [-0.2, -0.15) is 0 Å². The summed E-state index contributed by atoms with van der Waals surface area (Å²) in [7, 11) is 0. The van der Waals surface area contributed by atoms with Crippen molar-refractivity contribution in [3.8, 4) is 0 Å². The first-order valence-electron chi connectivity index (χ1n) is 6.39. The number of hydrogen-bond donors (Lipinski definition) is 1. The SMILES string of the molecule is CC(C)n1cnnc1CCNC1CCCC1. The van der Waals surface area contributed by atoms with Gasteiger partial charge in [0.25, 0.3) is 0 Å². The van der Waals surface area contributed by atoms with E-state index in [0.717, 1.165) is 24.8 Å². The van der Waals surface area contributed by atoms with Gasteiger partial charge in [0.15, 0.2) is 0 Å². The van der Waals surface area contributed by atoms with Crippen molar-refractivity contribution in [2.24, 2.45) is 0 Å². The van der Waals surface area contributed by atoms with Crippen LogP contribution in [0.5, 0.6) is 0 Å². The third kappa shape index (κ3) is 2.82. The maximum atomic E-state index is 4.17. The van der Waals surface area contributed by atoms with Crippen LogP contribution < -0.4 is 5.32 Å². The van der Waals surface area contributed by atoms with Crippen LogP contribution in [-0.4, -0.2) is 27.4 Å². The zero-order chi connectivity index (χ0) is 11.4. The predicted molar refractivity (Wildman–Crippen MR) is 64.4 cm³/mol. The van der Waals surface area contributed by atoms with Crippen molar-refractivity contribution in [3.63, 3.8) is 0 Å². The Hall–Kier alpha value is -0.900. The summed E-state index contributed by atoms with van der Waals surface area (Å²) in [4.78, 5) is 0. The summed E-state index contributed by atoms with van der Waals surface area (Å²) in [6, 6.07) is 1.20. The number of nitrogens with zero attached hydrogens (tertiary/aromatic N) is 3. The first-order chi connectivity index (χ1) is 7.77. The molecule has 4 heteroatoms. The second-order valence-corrected chi connectivity index (χ2v) is 4.93. The Morgan fingerprint density at radius 1 is 1.44 bits per heavy atom. The van der Waals surface area contributed by atoms with Crippen LogP contribution in [0.3, 0.4) is 0 Å². The van der Waals surface area contributed by atoms with Crippen LogP contribution in [0.25, 0.3) is 0 Å². The molecule has 1 aromatic heterocycles. The van der Waals surface area contributed by atoms with Crippen LogP contribution >= 0.6 is 0 Å². The smallest absolute Gasteiger partial charge is 0.134 e. The largest absolute Gasteiger partial charge is 0.315 e. The summed E-state index contributed by atoms with van der Waals surface area (Å²) in [5.41, 5.74) is 0. The zero-order valence-electron chi connectivity index (χ0n) is 10.3. The first-order valence-corrected chi connectivity index (χ1v) is 6.39. The second-order valence-electron chi connectivity index (χ2n) is 4.93. The Balaban J connectivity index is 1.78. The average Bonchev–Trinajstić information content (AvgIpc) is 2.87. The Morgan fingerprint density at radius 2 is 2.19 bits per heavy atom. The van der Waals surface area contributed by atoms with E-state index < -0.39 is 0 Å². The van der Waals surface area contributed by atoms with Crippen molar-refractivity contribution in [2.75, 3.05) is 6.54 Å². The van der Waals surface area contributed by atoms with Crippen LogP contribution in [0.1, 0.15) is 51.4 Å². The number of aromatic nitrogens is 3. The van der Waals surface area contributed by atoms with Crippen molar-refractivity contribution < 1.29 is 0 Å². The molecule has 1 aliphatic rings. The fourth-order valence-corrected chi connectivity index (χ4v) is 2.39. The van der Waals surface area contributed by atoms with E-state index >= 15 is 0 Å². The minimum atomic E-state index is 0.455. The first kappa shape index (κ1) is 11.6. The molecular formula is C12H22N4. The molecule has 0 saturated heterocycles. The van der Waals surface area contributed by atoms with Gasteiger partial charge < -0.3 is 9.88 Å². The van der Waals surface area contributed by atoms with Gasteiger partial charge in [0.05, 0.1) is 0 Å². The summed E-state index contributed by atoms with van der Waals surface area (Å²) in [6.45, 7) is 5.35. The summed E-state index contributed by atoms with van der Waals surface area (Å²) in [6.07, 6.45) is 8.28. The molecule has 0 atom stereocenters. The van der Waals surface area contributed by atoms with Crippen LogP contribution in [0.15, 0.2) is 6.33 Å². The molecule has 2 rings (SSSR count). The summed E-state index contributed by atoms with van der Waals surface area (Å²) >= 11 is 0. The maximum absolute atomic E-state index is 4.17. The predicted octanol–water partition coefficient (Wildman–Crippen LogP) is 1.93. The van der Waals surface area contributed by atoms with Gasteiger partial charge in [-0.1, -0.05) is 12.8 Å². The minimum Gasteiger partial charge on any atom is -0.315 e. The minimum absolute atomic E-state index is 0.455. The van der Waals surface area contributed by atoms with Crippen LogP contribution in [-0.2, 0) is 6.42 Å². The Bertz CT molecular complexity index is 313. The molecule has 1 fully saturated rings. The fraction of sp³-hybridized carbons (Fsp3) is 0.833. The molecule has 0 aliphatic heterocycles.